The van der Waals surface area contributed by atoms with Crippen molar-refractivity contribution >= 4 is 29.0 Å². The molecule has 0 radical (unpaired) electrons. The Morgan fingerprint density at radius 3 is 2.73 bits per heavy atom. The second-order valence-corrected chi connectivity index (χ2v) is 6.34. The molecule has 0 aliphatic rings. The third kappa shape index (κ3) is 5.64. The first-order valence-corrected chi connectivity index (χ1v) is 9.41. The van der Waals surface area contributed by atoms with E-state index in [4.69, 9.17) is 19.8 Å². The van der Waals surface area contributed by atoms with Crippen molar-refractivity contribution in [2.24, 2.45) is 0 Å². The highest BCUT2D eigenvalue weighted by atomic mass is 19.1. The fourth-order valence-electron chi connectivity index (χ4n) is 2.59. The number of aliphatic hydroxyl groups excluding tert-OH is 1. The molecule has 162 valence electrons. The van der Waals surface area contributed by atoms with Crippen LogP contribution in [0.3, 0.4) is 0 Å². The molecular formula is C19H22F2N4O5. The van der Waals surface area contributed by atoms with Gasteiger partial charge in [0.05, 0.1) is 12.2 Å². The fraction of sp³-hybridized carbons (Fsp3) is 0.474. The maximum Gasteiger partial charge on any atom is 0.510 e. The molecule has 1 heterocycles. The van der Waals surface area contributed by atoms with Gasteiger partial charge in [-0.3, -0.25) is 4.79 Å². The number of imidazole rings is 1. The van der Waals surface area contributed by atoms with Gasteiger partial charge in [-0.25, -0.2) is 23.5 Å². The summed E-state index contributed by atoms with van der Waals surface area (Å²) in [5.74, 6) is -2.65. The number of rotatable bonds is 10. The molecular weight excluding hydrogens is 402 g/mol. The lowest BCUT2D eigenvalue weighted by atomic mass is 10.2. The van der Waals surface area contributed by atoms with Gasteiger partial charge in [-0.05, 0) is 12.5 Å². The van der Waals surface area contributed by atoms with E-state index in [2.05, 4.69) is 9.97 Å². The first-order valence-electron chi connectivity index (χ1n) is 9.41. The first-order chi connectivity index (χ1) is 14.4. The number of unbranched alkanes of at least 4 members (excludes halogenated alkanes) is 2. The summed E-state index contributed by atoms with van der Waals surface area (Å²) in [5.41, 5.74) is -1.28. The molecule has 0 aliphatic heterocycles. The quantitative estimate of drug-likeness (QED) is 0.341. The molecule has 2 aromatic rings. The van der Waals surface area contributed by atoms with E-state index in [1.54, 1.807) is 6.07 Å². The van der Waals surface area contributed by atoms with Crippen LogP contribution in [0.25, 0.3) is 11.0 Å². The summed E-state index contributed by atoms with van der Waals surface area (Å²) in [6.07, 6.45) is 1.47. The van der Waals surface area contributed by atoms with Crippen molar-refractivity contribution in [2.45, 2.75) is 39.0 Å². The number of aromatic nitrogens is 2. The maximum absolute atomic E-state index is 14.4. The number of amides is 1. The number of ether oxygens (including phenoxy) is 2. The molecule has 0 fully saturated rings. The van der Waals surface area contributed by atoms with Crippen molar-refractivity contribution in [3.8, 4) is 6.07 Å². The highest BCUT2D eigenvalue weighted by Crippen LogP contribution is 2.25. The Hall–Kier alpha value is -3.26. The van der Waals surface area contributed by atoms with Gasteiger partial charge in [-0.15, -0.1) is 0 Å². The van der Waals surface area contributed by atoms with Gasteiger partial charge in [0.25, 0.3) is 0 Å². The number of hydrogen-bond donors (Lipinski definition) is 2. The molecule has 9 nitrogen and oxygen atoms in total. The van der Waals surface area contributed by atoms with Gasteiger partial charge in [0, 0.05) is 19.4 Å². The van der Waals surface area contributed by atoms with Crippen molar-refractivity contribution in [3.05, 3.63) is 23.3 Å². The minimum Gasteiger partial charge on any atom is -0.434 e. The number of aliphatic hydroxyl groups is 1. The number of aromatic amines is 1. The Bertz CT molecular complexity index is 941. The summed E-state index contributed by atoms with van der Waals surface area (Å²) >= 11 is 0. The Labute approximate surface area is 171 Å². The van der Waals surface area contributed by atoms with Gasteiger partial charge in [0.15, 0.2) is 18.4 Å². The highest BCUT2D eigenvalue weighted by molar-refractivity contribution is 5.93. The topological polar surface area (TPSA) is 129 Å². The van der Waals surface area contributed by atoms with Crippen LogP contribution in [0.5, 0.6) is 0 Å². The summed E-state index contributed by atoms with van der Waals surface area (Å²) < 4.78 is 38.2. The van der Waals surface area contributed by atoms with Crippen molar-refractivity contribution in [2.75, 3.05) is 24.8 Å². The Morgan fingerprint density at radius 1 is 1.30 bits per heavy atom. The SMILES string of the molecule is CCCCCC(=O)N(COC(=O)OCCCO)c1nc2c(F)cc(C#N)c(F)c2[nH]1. The number of halogens is 2. The number of hydrogen-bond acceptors (Lipinski definition) is 7. The van der Waals surface area contributed by atoms with E-state index in [0.29, 0.717) is 12.5 Å². The molecule has 0 spiro atoms. The van der Waals surface area contributed by atoms with Crippen molar-refractivity contribution in [1.29, 1.82) is 5.26 Å². The van der Waals surface area contributed by atoms with E-state index in [1.165, 1.54) is 0 Å². The van der Waals surface area contributed by atoms with Crippen LogP contribution in [-0.4, -0.2) is 47.1 Å². The molecule has 1 aromatic carbocycles. The molecule has 11 heteroatoms. The lowest BCUT2D eigenvalue weighted by Crippen LogP contribution is -2.35. The van der Waals surface area contributed by atoms with Crippen LogP contribution in [0.15, 0.2) is 6.07 Å². The standard InChI is InChI=1S/C19H22F2N4O5/c1-2-3-4-6-14(27)25(11-30-19(28)29-8-5-7-26)18-23-16-13(20)9-12(10-22)15(21)17(16)24-18/h9,26H,2-8,11H2,1H3,(H,23,24). The number of nitriles is 1. The zero-order valence-electron chi connectivity index (χ0n) is 16.4. The van der Waals surface area contributed by atoms with Gasteiger partial charge < -0.3 is 19.6 Å². The summed E-state index contributed by atoms with van der Waals surface area (Å²) in [6, 6.07) is 2.25. The number of H-pyrrole nitrogens is 1. The van der Waals surface area contributed by atoms with E-state index in [0.717, 1.165) is 17.7 Å². The van der Waals surface area contributed by atoms with Gasteiger partial charge in [0.2, 0.25) is 11.9 Å². The number of benzene rings is 1. The first kappa shape index (κ1) is 23.0. The normalized spacial score (nSPS) is 10.6. The number of carbonyl (C=O) groups excluding carboxylic acids is 2. The van der Waals surface area contributed by atoms with Crippen LogP contribution in [0, 0.1) is 23.0 Å². The third-order valence-corrected chi connectivity index (χ3v) is 4.15. The molecule has 0 unspecified atom stereocenters. The number of nitrogens with zero attached hydrogens (tertiary/aromatic N) is 3. The monoisotopic (exact) mass is 424 g/mol. The van der Waals surface area contributed by atoms with Crippen LogP contribution in [0.2, 0.25) is 0 Å². The van der Waals surface area contributed by atoms with Crippen LogP contribution in [-0.2, 0) is 14.3 Å². The molecule has 2 rings (SSSR count). The maximum atomic E-state index is 14.4. The highest BCUT2D eigenvalue weighted by Gasteiger charge is 2.24. The van der Waals surface area contributed by atoms with Gasteiger partial charge >= 0.3 is 6.16 Å². The molecule has 0 atom stereocenters. The van der Waals surface area contributed by atoms with Gasteiger partial charge in [-0.1, -0.05) is 19.8 Å². The average molecular weight is 424 g/mol. The van der Waals surface area contributed by atoms with Gasteiger partial charge in [-0.2, -0.15) is 5.26 Å². The molecule has 0 aliphatic carbocycles. The van der Waals surface area contributed by atoms with Crippen molar-refractivity contribution in [3.63, 3.8) is 0 Å². The number of fused-ring (bicyclic) bond motifs is 1. The molecule has 30 heavy (non-hydrogen) atoms. The van der Waals surface area contributed by atoms with E-state index in [-0.39, 0.29) is 37.5 Å². The fourth-order valence-corrected chi connectivity index (χ4v) is 2.59. The number of anilines is 1. The summed E-state index contributed by atoms with van der Waals surface area (Å²) in [4.78, 5) is 31.6. The minimum absolute atomic E-state index is 0.0717. The zero-order valence-corrected chi connectivity index (χ0v) is 16.4. The second kappa shape index (κ2) is 11.1. The summed E-state index contributed by atoms with van der Waals surface area (Å²) in [5, 5.41) is 17.6. The summed E-state index contributed by atoms with van der Waals surface area (Å²) in [7, 11) is 0. The smallest absolute Gasteiger partial charge is 0.434 e. The average Bonchev–Trinajstić information content (AvgIpc) is 3.17. The van der Waals surface area contributed by atoms with Crippen LogP contribution >= 0.6 is 0 Å². The third-order valence-electron chi connectivity index (χ3n) is 4.15. The van der Waals surface area contributed by atoms with E-state index in [1.807, 2.05) is 6.92 Å². The van der Waals surface area contributed by atoms with Crippen LogP contribution in [0.1, 0.15) is 44.6 Å². The minimum atomic E-state index is -1.07. The van der Waals surface area contributed by atoms with Crippen LogP contribution in [0.4, 0.5) is 19.5 Å². The zero-order chi connectivity index (χ0) is 22.1. The van der Waals surface area contributed by atoms with E-state index in [9.17, 15) is 18.4 Å². The van der Waals surface area contributed by atoms with Crippen molar-refractivity contribution in [1.82, 2.24) is 9.97 Å². The number of carbonyl (C=O) groups is 2. The predicted octanol–water partition coefficient (Wildman–Crippen LogP) is 3.12. The Kier molecular flexibility index (Phi) is 8.49. The molecule has 0 saturated carbocycles. The van der Waals surface area contributed by atoms with Crippen LogP contribution < -0.4 is 4.90 Å². The predicted molar refractivity (Wildman–Crippen MR) is 101 cm³/mol. The lowest BCUT2D eigenvalue weighted by Gasteiger charge is -2.19. The van der Waals surface area contributed by atoms with E-state index < -0.39 is 41.5 Å². The molecule has 0 saturated heterocycles. The van der Waals surface area contributed by atoms with Gasteiger partial charge in [0.1, 0.15) is 17.1 Å². The molecule has 1 aromatic heterocycles. The Balaban J connectivity index is 2.28. The summed E-state index contributed by atoms with van der Waals surface area (Å²) in [6.45, 7) is 1.12. The van der Waals surface area contributed by atoms with E-state index >= 15 is 0 Å². The second-order valence-electron chi connectivity index (χ2n) is 6.34. The molecule has 1 amide bonds. The lowest BCUT2D eigenvalue weighted by molar-refractivity contribution is -0.119. The Morgan fingerprint density at radius 2 is 2.07 bits per heavy atom. The van der Waals surface area contributed by atoms with Crippen molar-refractivity contribution < 1.29 is 33.0 Å². The molecule has 0 bridgehead atoms. The molecule has 2 N–H and O–H groups in total. The number of nitrogens with one attached hydrogen (secondary N) is 1. The largest absolute Gasteiger partial charge is 0.510 e.